The number of anilines is 3. The fourth-order valence-corrected chi connectivity index (χ4v) is 10.2. The molecule has 2 heteroatoms. The number of nitrogens with zero attached hydrogens (tertiary/aromatic N) is 1. The summed E-state index contributed by atoms with van der Waals surface area (Å²) in [5.41, 5.74) is 11.7. The van der Waals surface area contributed by atoms with Gasteiger partial charge in [0, 0.05) is 39.2 Å². The molecule has 204 valence electrons. The second kappa shape index (κ2) is 8.38. The molecule has 11 rings (SSSR count). The van der Waals surface area contributed by atoms with E-state index in [1.165, 1.54) is 65.4 Å². The summed E-state index contributed by atoms with van der Waals surface area (Å²) in [5, 5.41) is 2.34. The molecule has 5 aliphatic carbocycles. The zero-order valence-electron chi connectivity index (χ0n) is 23.7. The Balaban J connectivity index is 1.23. The first-order valence-electron chi connectivity index (χ1n) is 15.8. The van der Waals surface area contributed by atoms with E-state index in [4.69, 9.17) is 4.42 Å². The number of furan rings is 1. The van der Waals surface area contributed by atoms with Crippen molar-refractivity contribution in [2.75, 3.05) is 4.90 Å². The third-order valence-electron chi connectivity index (χ3n) is 11.4. The Morgan fingerprint density at radius 3 is 2.07 bits per heavy atom. The van der Waals surface area contributed by atoms with E-state index in [-0.39, 0.29) is 5.41 Å². The van der Waals surface area contributed by atoms with E-state index in [0.29, 0.717) is 0 Å². The molecule has 0 saturated heterocycles. The lowest BCUT2D eigenvalue weighted by molar-refractivity contribution is -0.0399. The lowest BCUT2D eigenvalue weighted by Crippen LogP contribution is -2.55. The fourth-order valence-electron chi connectivity index (χ4n) is 10.2. The van der Waals surface area contributed by atoms with Crippen molar-refractivity contribution in [3.05, 3.63) is 126 Å². The van der Waals surface area contributed by atoms with Gasteiger partial charge in [0.05, 0.1) is 5.69 Å². The molecule has 4 fully saturated rings. The molecular formula is C40H33NO. The molecule has 1 spiro atoms. The lowest BCUT2D eigenvalue weighted by Gasteiger charge is -2.61. The molecule has 4 bridgehead atoms. The Hall–Kier alpha value is -4.30. The topological polar surface area (TPSA) is 16.4 Å². The summed E-state index contributed by atoms with van der Waals surface area (Å²) in [6.45, 7) is 0. The van der Waals surface area contributed by atoms with E-state index < -0.39 is 0 Å². The minimum Gasteiger partial charge on any atom is -0.456 e. The molecule has 0 atom stereocenters. The molecule has 5 aliphatic rings. The summed E-state index contributed by atoms with van der Waals surface area (Å²) in [5.74, 6) is 3.38. The molecule has 0 unspecified atom stereocenters. The Labute approximate surface area is 246 Å². The van der Waals surface area contributed by atoms with E-state index in [0.717, 1.165) is 40.5 Å². The molecule has 42 heavy (non-hydrogen) atoms. The number of fused-ring (bicyclic) bond motifs is 6. The predicted molar refractivity (Wildman–Crippen MR) is 172 cm³/mol. The van der Waals surface area contributed by atoms with Gasteiger partial charge in [-0.15, -0.1) is 0 Å². The Kier molecular flexibility index (Phi) is 4.65. The van der Waals surface area contributed by atoms with Crippen molar-refractivity contribution < 1.29 is 4.42 Å². The van der Waals surface area contributed by atoms with Crippen LogP contribution in [0.4, 0.5) is 17.1 Å². The van der Waals surface area contributed by atoms with E-state index >= 15 is 0 Å². The van der Waals surface area contributed by atoms with Crippen molar-refractivity contribution in [1.82, 2.24) is 0 Å². The van der Waals surface area contributed by atoms with Crippen molar-refractivity contribution in [3.8, 4) is 11.1 Å². The van der Waals surface area contributed by atoms with Crippen LogP contribution >= 0.6 is 0 Å². The van der Waals surface area contributed by atoms with Crippen LogP contribution in [0.15, 0.2) is 120 Å². The quantitative estimate of drug-likeness (QED) is 0.221. The smallest absolute Gasteiger partial charge is 0.137 e. The number of benzene rings is 5. The van der Waals surface area contributed by atoms with Crippen LogP contribution in [0.25, 0.3) is 33.1 Å². The molecule has 0 amide bonds. The van der Waals surface area contributed by atoms with Crippen molar-refractivity contribution in [3.63, 3.8) is 0 Å². The summed E-state index contributed by atoms with van der Waals surface area (Å²) in [4.78, 5) is 2.47. The van der Waals surface area contributed by atoms with Crippen LogP contribution < -0.4 is 4.90 Å². The van der Waals surface area contributed by atoms with E-state index in [9.17, 15) is 0 Å². The van der Waals surface area contributed by atoms with Gasteiger partial charge in [0.1, 0.15) is 11.2 Å². The number of rotatable bonds is 3. The maximum Gasteiger partial charge on any atom is 0.137 e. The minimum absolute atomic E-state index is 0.153. The van der Waals surface area contributed by atoms with Crippen molar-refractivity contribution in [1.29, 1.82) is 0 Å². The normalized spacial score (nSPS) is 26.7. The molecule has 4 saturated carbocycles. The van der Waals surface area contributed by atoms with Gasteiger partial charge < -0.3 is 9.32 Å². The minimum atomic E-state index is 0.153. The second-order valence-corrected chi connectivity index (χ2v) is 13.4. The van der Waals surface area contributed by atoms with Gasteiger partial charge in [-0.3, -0.25) is 0 Å². The van der Waals surface area contributed by atoms with Gasteiger partial charge in [0.25, 0.3) is 0 Å². The highest BCUT2D eigenvalue weighted by molar-refractivity contribution is 6.06. The van der Waals surface area contributed by atoms with Gasteiger partial charge in [-0.2, -0.15) is 0 Å². The van der Waals surface area contributed by atoms with Crippen molar-refractivity contribution in [2.45, 2.75) is 37.5 Å². The first-order valence-corrected chi connectivity index (χ1v) is 15.8. The average Bonchev–Trinajstić information content (AvgIpc) is 3.54. The molecular weight excluding hydrogens is 510 g/mol. The number of hydrogen-bond acceptors (Lipinski definition) is 2. The van der Waals surface area contributed by atoms with Gasteiger partial charge in [0.2, 0.25) is 0 Å². The van der Waals surface area contributed by atoms with Crippen LogP contribution in [0.1, 0.15) is 43.2 Å². The zero-order valence-corrected chi connectivity index (χ0v) is 23.7. The van der Waals surface area contributed by atoms with E-state index in [1.807, 2.05) is 6.07 Å². The van der Waals surface area contributed by atoms with Crippen LogP contribution in [0, 0.1) is 23.7 Å². The number of para-hydroxylation sites is 2. The van der Waals surface area contributed by atoms with Crippen LogP contribution in [0.5, 0.6) is 0 Å². The summed E-state index contributed by atoms with van der Waals surface area (Å²) < 4.78 is 6.39. The molecule has 2 nitrogen and oxygen atoms in total. The van der Waals surface area contributed by atoms with Crippen LogP contribution in [0.3, 0.4) is 0 Å². The van der Waals surface area contributed by atoms with Crippen LogP contribution in [-0.4, -0.2) is 0 Å². The van der Waals surface area contributed by atoms with Crippen LogP contribution in [-0.2, 0) is 5.41 Å². The second-order valence-electron chi connectivity index (χ2n) is 13.4. The molecule has 1 aromatic heterocycles. The van der Waals surface area contributed by atoms with Gasteiger partial charge in [-0.25, -0.2) is 0 Å². The SMILES string of the molecule is c1ccc(N(c2ccc3c(c2)oc2ccccc23)c2cccc3c2-c2ccccc2C32C3CC4CC(C3)CC2C4)cc1. The van der Waals surface area contributed by atoms with Gasteiger partial charge in [-0.05, 0) is 109 Å². The largest absolute Gasteiger partial charge is 0.456 e. The van der Waals surface area contributed by atoms with Gasteiger partial charge in [-0.1, -0.05) is 72.8 Å². The first kappa shape index (κ1) is 23.3. The average molecular weight is 544 g/mol. The first-order chi connectivity index (χ1) is 20.8. The van der Waals surface area contributed by atoms with Crippen molar-refractivity contribution >= 4 is 39.0 Å². The molecule has 0 N–H and O–H groups in total. The summed E-state index contributed by atoms with van der Waals surface area (Å²) in [7, 11) is 0. The molecule has 0 aliphatic heterocycles. The summed E-state index contributed by atoms with van der Waals surface area (Å²) in [6.07, 6.45) is 7.07. The van der Waals surface area contributed by atoms with Gasteiger partial charge in [0.15, 0.2) is 0 Å². The van der Waals surface area contributed by atoms with E-state index in [2.05, 4.69) is 114 Å². The number of hydrogen-bond donors (Lipinski definition) is 0. The molecule has 5 aromatic carbocycles. The zero-order chi connectivity index (χ0) is 27.4. The maximum absolute atomic E-state index is 6.39. The molecule has 0 radical (unpaired) electrons. The molecule has 6 aromatic rings. The molecule has 1 heterocycles. The van der Waals surface area contributed by atoms with Crippen molar-refractivity contribution in [2.24, 2.45) is 23.7 Å². The third-order valence-corrected chi connectivity index (χ3v) is 11.4. The highest BCUT2D eigenvalue weighted by atomic mass is 16.3. The fraction of sp³-hybridized carbons (Fsp3) is 0.250. The van der Waals surface area contributed by atoms with Crippen LogP contribution in [0.2, 0.25) is 0 Å². The van der Waals surface area contributed by atoms with E-state index in [1.54, 1.807) is 11.1 Å². The third kappa shape index (κ3) is 2.95. The summed E-state index contributed by atoms with van der Waals surface area (Å²) in [6, 6.07) is 42.6. The highest BCUT2D eigenvalue weighted by Gasteiger charge is 2.61. The van der Waals surface area contributed by atoms with Gasteiger partial charge >= 0.3 is 0 Å². The Morgan fingerprint density at radius 2 is 1.24 bits per heavy atom. The highest BCUT2D eigenvalue weighted by Crippen LogP contribution is 2.70. The standard InChI is InChI=1S/C40H33NO/c1-2-9-29(10-3-1)41(30-17-18-32-31-11-5-7-16-37(31)42-38(32)24-30)36-15-8-14-35-39(36)33-12-4-6-13-34(33)40(35)27-20-25-19-26(22-27)23-28(40)21-25/h1-18,24-28H,19-23H2. The maximum atomic E-state index is 6.39. The summed E-state index contributed by atoms with van der Waals surface area (Å²) >= 11 is 0. The Bertz CT molecular complexity index is 1990. The predicted octanol–water partition coefficient (Wildman–Crippen LogP) is 10.8. The monoisotopic (exact) mass is 543 g/mol. The Morgan fingerprint density at radius 1 is 0.548 bits per heavy atom. The lowest BCUT2D eigenvalue weighted by atomic mass is 9.43.